The molecule has 2 unspecified atom stereocenters. The first-order valence-corrected chi connectivity index (χ1v) is 20.0. The molecule has 0 radical (unpaired) electrons. The maximum atomic E-state index is 2.96. The van der Waals surface area contributed by atoms with Gasteiger partial charge in [0.1, 0.15) is 0 Å². The van der Waals surface area contributed by atoms with Crippen molar-refractivity contribution in [3.8, 4) is 0 Å². The van der Waals surface area contributed by atoms with Crippen molar-refractivity contribution < 1.29 is 48.0 Å². The van der Waals surface area contributed by atoms with E-state index in [4.69, 9.17) is 0 Å². The molecule has 0 amide bonds. The maximum Gasteiger partial charge on any atom is -1.00 e. The molecule has 2 heterocycles. The minimum absolute atomic E-state index is 0. The zero-order chi connectivity index (χ0) is 20.9. The summed E-state index contributed by atoms with van der Waals surface area (Å²) in [6.07, 6.45) is 21.5. The van der Waals surface area contributed by atoms with Crippen LogP contribution in [0.5, 0.6) is 0 Å². The molecule has 2 aliphatic carbocycles. The third kappa shape index (κ3) is 4.81. The Morgan fingerprint density at radius 1 is 0.677 bits per heavy atom. The fraction of sp³-hybridized carbons (Fsp3) is 0.667. The summed E-state index contributed by atoms with van der Waals surface area (Å²) < 4.78 is 6.72. The van der Waals surface area contributed by atoms with Crippen molar-refractivity contribution in [1.82, 2.24) is 9.13 Å². The molecule has 0 aromatic carbocycles. The van der Waals surface area contributed by atoms with Gasteiger partial charge in [-0.15, -0.1) is 0 Å². The van der Waals surface area contributed by atoms with Gasteiger partial charge in [-0.3, -0.25) is 0 Å². The summed E-state index contributed by atoms with van der Waals surface area (Å²) in [5.41, 5.74) is 3.04. The van der Waals surface area contributed by atoms with Crippen molar-refractivity contribution in [1.29, 1.82) is 0 Å². The summed E-state index contributed by atoms with van der Waals surface area (Å²) >= 11 is -0.866. The van der Waals surface area contributed by atoms with Crippen molar-refractivity contribution in [2.75, 3.05) is 26.2 Å². The zero-order valence-corrected chi connectivity index (χ0v) is 26.2. The van der Waals surface area contributed by atoms with E-state index in [9.17, 15) is 0 Å². The van der Waals surface area contributed by atoms with Gasteiger partial charge in [-0.05, 0) is 0 Å². The molecule has 31 heavy (non-hydrogen) atoms. The van der Waals surface area contributed by atoms with Crippen LogP contribution in [-0.4, -0.2) is 51.8 Å². The molecule has 2 fully saturated rings. The van der Waals surface area contributed by atoms with Gasteiger partial charge in [-0.25, -0.2) is 0 Å². The van der Waals surface area contributed by atoms with Crippen LogP contribution < -0.4 is 24.8 Å². The molecule has 4 aliphatic rings. The summed E-state index contributed by atoms with van der Waals surface area (Å²) in [7, 11) is -3.20. The number of rotatable bonds is 6. The number of hydrogen-bond acceptors (Lipinski definition) is 2. The Balaban J connectivity index is 0.00000171. The third-order valence-electron chi connectivity index (χ3n) is 8.36. The van der Waals surface area contributed by atoms with Crippen molar-refractivity contribution in [2.24, 2.45) is 0 Å². The average Bonchev–Trinajstić information content (AvgIpc) is 3.44. The van der Waals surface area contributed by atoms with Gasteiger partial charge in [0.15, 0.2) is 0 Å². The second-order valence-corrected chi connectivity index (χ2v) is 27.1. The van der Waals surface area contributed by atoms with Gasteiger partial charge < -0.3 is 24.8 Å². The van der Waals surface area contributed by atoms with Crippen LogP contribution in [0.3, 0.4) is 0 Å². The first-order valence-electron chi connectivity index (χ1n) is 11.7. The molecule has 0 N–H and O–H groups in total. The van der Waals surface area contributed by atoms with Crippen LogP contribution in [0.15, 0.2) is 47.6 Å². The van der Waals surface area contributed by atoms with Crippen LogP contribution in [0.25, 0.3) is 0 Å². The van der Waals surface area contributed by atoms with Gasteiger partial charge >= 0.3 is 194 Å². The van der Waals surface area contributed by atoms with Crippen molar-refractivity contribution in [2.45, 2.75) is 71.2 Å². The van der Waals surface area contributed by atoms with Gasteiger partial charge in [-0.2, -0.15) is 0 Å². The zero-order valence-electron chi connectivity index (χ0n) is 20.3. The summed E-state index contributed by atoms with van der Waals surface area (Å²) in [6, 6.07) is 0. The minimum Gasteiger partial charge on any atom is -1.00 e. The van der Waals surface area contributed by atoms with Crippen LogP contribution in [0.1, 0.15) is 39.5 Å². The number of hydrogen-bond donors (Lipinski definition) is 0. The predicted octanol–water partition coefficient (Wildman–Crippen LogP) is 0.107. The second-order valence-electron chi connectivity index (χ2n) is 10.8. The van der Waals surface area contributed by atoms with Crippen LogP contribution in [0, 0.1) is 0 Å². The molecule has 2 atom stereocenters. The normalized spacial score (nSPS) is 31.3. The van der Waals surface area contributed by atoms with E-state index in [1.54, 1.807) is 0 Å². The summed E-state index contributed by atoms with van der Waals surface area (Å²) in [5.74, 6) is 0. The van der Waals surface area contributed by atoms with Crippen molar-refractivity contribution in [3.05, 3.63) is 47.6 Å². The van der Waals surface area contributed by atoms with E-state index in [0.29, 0.717) is 5.49 Å². The van der Waals surface area contributed by atoms with Crippen LogP contribution in [0.2, 0.25) is 31.7 Å². The Bertz CT molecular complexity index is 716. The Morgan fingerprint density at radius 2 is 1.00 bits per heavy atom. The summed E-state index contributed by atoms with van der Waals surface area (Å²) in [6.45, 7) is 20.8. The molecule has 7 heteroatoms. The van der Waals surface area contributed by atoms with E-state index in [1.807, 2.05) is 0 Å². The van der Waals surface area contributed by atoms with E-state index >= 15 is 0 Å². The Hall–Kier alpha value is 0.777. The third-order valence-corrected chi connectivity index (χ3v) is 31.2. The standard InChI is InChI=1S/2C12H20NSi.2ClH.Zr/c2*1-11-6-7-12(10-11)14(2,3)13-8-4-5-9-13;;;/h2*6-7,10H,4-5,8-9H2,1-3H3;2*1H;/q;;;;+2/p-2. The van der Waals surface area contributed by atoms with E-state index in [1.165, 1.54) is 63.0 Å². The molecular formula is C24H40Cl2N2Si2Zr. The quantitative estimate of drug-likeness (QED) is 0.416. The molecular weight excluding hydrogens is 535 g/mol. The number of allylic oxidation sites excluding steroid dienone is 8. The fourth-order valence-corrected chi connectivity index (χ4v) is 26.8. The fourth-order valence-electron chi connectivity index (χ4n) is 6.08. The smallest absolute Gasteiger partial charge is 1.00 e. The second kappa shape index (κ2) is 10.2. The van der Waals surface area contributed by atoms with E-state index in [0.717, 1.165) is 0 Å². The van der Waals surface area contributed by atoms with E-state index in [2.05, 4.69) is 85.6 Å². The summed E-state index contributed by atoms with van der Waals surface area (Å²) in [5, 5.41) is 0. The molecule has 0 saturated carbocycles. The van der Waals surface area contributed by atoms with Crippen LogP contribution in [-0.2, 0) is 23.2 Å². The SMILES string of the molecule is CC1=C[C]([Zr+2][C]2([Si](C)(C)N3CCCC3)C=CC(C)=C2)([Si](C)(C)N2CCCC2)C=C1.[Cl-].[Cl-]. The van der Waals surface area contributed by atoms with Gasteiger partial charge in [-0.1, -0.05) is 0 Å². The number of halogens is 2. The van der Waals surface area contributed by atoms with Gasteiger partial charge in [0.25, 0.3) is 0 Å². The Morgan fingerprint density at radius 3 is 1.26 bits per heavy atom. The Labute approximate surface area is 217 Å². The molecule has 2 nitrogen and oxygen atoms in total. The molecule has 4 rings (SSSR count). The topological polar surface area (TPSA) is 6.48 Å². The molecule has 0 spiro atoms. The van der Waals surface area contributed by atoms with E-state index in [-0.39, 0.29) is 24.8 Å². The molecule has 2 aliphatic heterocycles. The average molecular weight is 575 g/mol. The van der Waals surface area contributed by atoms with Crippen molar-refractivity contribution >= 4 is 16.5 Å². The van der Waals surface area contributed by atoms with E-state index < -0.39 is 39.7 Å². The van der Waals surface area contributed by atoms with Gasteiger partial charge in [0, 0.05) is 0 Å². The number of nitrogens with zero attached hydrogens (tertiary/aromatic N) is 2. The molecule has 0 aromatic heterocycles. The summed E-state index contributed by atoms with van der Waals surface area (Å²) in [4.78, 5) is 0. The minimum atomic E-state index is -1.60. The molecule has 172 valence electrons. The predicted molar refractivity (Wildman–Crippen MR) is 128 cm³/mol. The maximum absolute atomic E-state index is 2.96. The molecule has 2 saturated heterocycles. The van der Waals surface area contributed by atoms with Gasteiger partial charge in [0.05, 0.1) is 0 Å². The van der Waals surface area contributed by atoms with Crippen molar-refractivity contribution in [3.63, 3.8) is 0 Å². The Kier molecular flexibility index (Phi) is 9.20. The largest absolute Gasteiger partial charge is 1.00 e. The first-order chi connectivity index (χ1) is 13.6. The first kappa shape index (κ1) is 28.0. The molecule has 0 aromatic rings. The molecule has 0 bridgehead atoms. The monoisotopic (exact) mass is 572 g/mol. The van der Waals surface area contributed by atoms with Crippen LogP contribution >= 0.6 is 0 Å². The van der Waals surface area contributed by atoms with Crippen LogP contribution in [0.4, 0.5) is 0 Å². The van der Waals surface area contributed by atoms with Gasteiger partial charge in [0.2, 0.25) is 0 Å².